The maximum absolute atomic E-state index is 13.0. The Hall–Kier alpha value is -2.67. The molecular weight excluding hydrogens is 492 g/mol. The van der Waals surface area contributed by atoms with Crippen LogP contribution in [-0.4, -0.2) is 33.3 Å². The van der Waals surface area contributed by atoms with Gasteiger partial charge in [0.15, 0.2) is 0 Å². The summed E-state index contributed by atoms with van der Waals surface area (Å²) in [6.45, 7) is 9.01. The van der Waals surface area contributed by atoms with Crippen molar-refractivity contribution in [2.45, 2.75) is 57.4 Å². The number of benzene rings is 3. The highest BCUT2D eigenvalue weighted by Gasteiger charge is 2.22. The van der Waals surface area contributed by atoms with Gasteiger partial charge in [0.05, 0.1) is 11.3 Å². The number of nitrogens with one attached hydrogen (secondary N) is 1. The van der Waals surface area contributed by atoms with Crippen LogP contribution in [0, 0.1) is 0 Å². The fraction of sp³-hybridized carbons (Fsp3) is 0.345. The van der Waals surface area contributed by atoms with Gasteiger partial charge in [0.2, 0.25) is 5.91 Å². The van der Waals surface area contributed by atoms with Crippen LogP contribution in [0.2, 0.25) is 5.02 Å². The third-order valence-electron chi connectivity index (χ3n) is 6.04. The molecule has 0 aliphatic carbocycles. The quantitative estimate of drug-likeness (QED) is 0.352. The van der Waals surface area contributed by atoms with Crippen molar-refractivity contribution < 1.29 is 13.2 Å². The average Bonchev–Trinajstić information content (AvgIpc) is 2.78. The Kier molecular flexibility index (Phi) is 8.98. The lowest BCUT2D eigenvalue weighted by molar-refractivity contribution is -0.118. The van der Waals surface area contributed by atoms with E-state index in [4.69, 9.17) is 11.6 Å². The second-order valence-electron chi connectivity index (χ2n) is 10.0. The van der Waals surface area contributed by atoms with Crippen LogP contribution in [0.5, 0.6) is 0 Å². The van der Waals surface area contributed by atoms with Gasteiger partial charge in [0, 0.05) is 11.6 Å². The number of sulfonamides is 1. The van der Waals surface area contributed by atoms with Gasteiger partial charge in [-0.25, -0.2) is 13.1 Å². The second-order valence-corrected chi connectivity index (χ2v) is 12.2. The van der Waals surface area contributed by atoms with E-state index in [1.54, 1.807) is 12.1 Å². The van der Waals surface area contributed by atoms with E-state index in [0.29, 0.717) is 11.6 Å². The molecule has 0 aromatic heterocycles. The summed E-state index contributed by atoms with van der Waals surface area (Å²) >= 11 is 6.23. The lowest BCUT2D eigenvalue weighted by Crippen LogP contribution is -2.32. The number of hydrogen-bond acceptors (Lipinski definition) is 4. The molecule has 0 radical (unpaired) electrons. The van der Waals surface area contributed by atoms with Crippen molar-refractivity contribution >= 4 is 27.5 Å². The Morgan fingerprint density at radius 1 is 0.889 bits per heavy atom. The first kappa shape index (κ1) is 27.9. The summed E-state index contributed by atoms with van der Waals surface area (Å²) in [5, 5.41) is 0.660. The van der Waals surface area contributed by atoms with Crippen LogP contribution in [0.4, 0.5) is 0 Å². The molecule has 0 atom stereocenters. The first-order chi connectivity index (χ1) is 16.9. The monoisotopic (exact) mass is 526 g/mol. The van der Waals surface area contributed by atoms with Gasteiger partial charge in [-0.2, -0.15) is 0 Å². The van der Waals surface area contributed by atoms with Crippen molar-refractivity contribution in [3.05, 3.63) is 87.9 Å². The SMILES string of the molecule is CC(C)c1cc(-c2cccc(Cl)c2)cc(C(C)C)c1CC(=O)NS(=O)(=O)c1ccc(CN(C)C)cc1. The van der Waals surface area contributed by atoms with Gasteiger partial charge in [-0.3, -0.25) is 4.79 Å². The molecule has 1 amide bonds. The number of carbonyl (C=O) groups is 1. The zero-order valence-corrected chi connectivity index (χ0v) is 23.4. The highest BCUT2D eigenvalue weighted by Crippen LogP contribution is 2.34. The molecule has 36 heavy (non-hydrogen) atoms. The van der Waals surface area contributed by atoms with E-state index in [-0.39, 0.29) is 23.2 Å². The molecule has 3 aromatic carbocycles. The molecule has 0 saturated heterocycles. The molecule has 0 aliphatic heterocycles. The summed E-state index contributed by atoms with van der Waals surface area (Å²) in [5.74, 6) is -0.262. The van der Waals surface area contributed by atoms with Crippen LogP contribution in [0.1, 0.15) is 61.8 Å². The lowest BCUT2D eigenvalue weighted by atomic mass is 9.84. The van der Waals surface area contributed by atoms with E-state index in [2.05, 4.69) is 44.5 Å². The van der Waals surface area contributed by atoms with Crippen molar-refractivity contribution in [3.63, 3.8) is 0 Å². The van der Waals surface area contributed by atoms with Crippen LogP contribution < -0.4 is 4.72 Å². The largest absolute Gasteiger partial charge is 0.305 e. The standard InChI is InChI=1S/C29H35ClN2O3S/c1-19(2)26-15-23(22-8-7-9-24(30)14-22)16-27(20(3)4)28(26)17-29(33)31-36(34,35)25-12-10-21(11-13-25)18-32(5)6/h7-16,19-20H,17-18H2,1-6H3,(H,31,33). The molecule has 7 heteroatoms. The predicted octanol–water partition coefficient (Wildman–Crippen LogP) is 6.36. The van der Waals surface area contributed by atoms with Crippen molar-refractivity contribution in [1.82, 2.24) is 9.62 Å². The minimum Gasteiger partial charge on any atom is -0.305 e. The van der Waals surface area contributed by atoms with Gasteiger partial charge in [-0.1, -0.05) is 75.7 Å². The maximum Gasteiger partial charge on any atom is 0.264 e. The molecule has 3 rings (SSSR count). The van der Waals surface area contributed by atoms with Gasteiger partial charge in [0.25, 0.3) is 10.0 Å². The molecule has 0 spiro atoms. The number of nitrogens with zero attached hydrogens (tertiary/aromatic N) is 1. The fourth-order valence-electron chi connectivity index (χ4n) is 4.33. The van der Waals surface area contributed by atoms with Crippen molar-refractivity contribution in [3.8, 4) is 11.1 Å². The highest BCUT2D eigenvalue weighted by atomic mass is 35.5. The van der Waals surface area contributed by atoms with E-state index in [1.807, 2.05) is 43.3 Å². The van der Waals surface area contributed by atoms with Crippen LogP contribution in [0.3, 0.4) is 0 Å². The Morgan fingerprint density at radius 2 is 1.47 bits per heavy atom. The molecule has 0 aliphatic rings. The Labute approximate surface area is 220 Å². The number of hydrogen-bond donors (Lipinski definition) is 1. The third kappa shape index (κ3) is 6.96. The summed E-state index contributed by atoms with van der Waals surface area (Å²) in [7, 11) is -0.0794. The first-order valence-corrected chi connectivity index (χ1v) is 14.0. The van der Waals surface area contributed by atoms with Crippen molar-refractivity contribution in [2.75, 3.05) is 14.1 Å². The maximum atomic E-state index is 13.0. The van der Waals surface area contributed by atoms with Gasteiger partial charge >= 0.3 is 0 Å². The molecular formula is C29H35ClN2O3S. The van der Waals surface area contributed by atoms with Crippen LogP contribution >= 0.6 is 11.6 Å². The summed E-state index contributed by atoms with van der Waals surface area (Å²) in [5.41, 5.74) is 5.95. The van der Waals surface area contributed by atoms with E-state index < -0.39 is 15.9 Å². The van der Waals surface area contributed by atoms with E-state index in [9.17, 15) is 13.2 Å². The zero-order chi connectivity index (χ0) is 26.6. The Bertz CT molecular complexity index is 1300. The van der Waals surface area contributed by atoms with E-state index in [1.165, 1.54) is 12.1 Å². The Balaban J connectivity index is 1.92. The van der Waals surface area contributed by atoms with E-state index in [0.717, 1.165) is 33.4 Å². The molecule has 0 unspecified atom stereocenters. The molecule has 5 nitrogen and oxygen atoms in total. The minimum absolute atomic E-state index is 0.0191. The normalized spacial score (nSPS) is 11.9. The third-order valence-corrected chi connectivity index (χ3v) is 7.66. The molecule has 3 aromatic rings. The number of amides is 1. The van der Waals surface area contributed by atoms with Gasteiger partial charge in [0.1, 0.15) is 0 Å². The predicted molar refractivity (Wildman–Crippen MR) is 148 cm³/mol. The summed E-state index contributed by atoms with van der Waals surface area (Å²) in [6.07, 6.45) is -0.0191. The molecule has 0 heterocycles. The molecule has 1 N–H and O–H groups in total. The number of carbonyl (C=O) groups excluding carboxylic acids is 1. The van der Waals surface area contributed by atoms with Crippen LogP contribution in [-0.2, 0) is 27.8 Å². The molecule has 0 fully saturated rings. The second kappa shape index (κ2) is 11.6. The number of rotatable bonds is 9. The van der Waals surface area contributed by atoms with Crippen molar-refractivity contribution in [1.29, 1.82) is 0 Å². The van der Waals surface area contributed by atoms with Gasteiger partial charge in [-0.05, 0) is 83.6 Å². The lowest BCUT2D eigenvalue weighted by Gasteiger charge is -2.22. The molecule has 0 bridgehead atoms. The van der Waals surface area contributed by atoms with E-state index >= 15 is 0 Å². The molecule has 0 saturated carbocycles. The Morgan fingerprint density at radius 3 is 1.97 bits per heavy atom. The van der Waals surface area contributed by atoms with Gasteiger partial charge < -0.3 is 4.90 Å². The fourth-order valence-corrected chi connectivity index (χ4v) is 5.51. The summed E-state index contributed by atoms with van der Waals surface area (Å²) < 4.78 is 28.1. The highest BCUT2D eigenvalue weighted by molar-refractivity contribution is 7.90. The first-order valence-electron chi connectivity index (χ1n) is 12.1. The van der Waals surface area contributed by atoms with Crippen LogP contribution in [0.25, 0.3) is 11.1 Å². The van der Waals surface area contributed by atoms with Crippen molar-refractivity contribution in [2.24, 2.45) is 0 Å². The minimum atomic E-state index is -3.97. The van der Waals surface area contributed by atoms with Crippen LogP contribution in [0.15, 0.2) is 65.6 Å². The average molecular weight is 527 g/mol. The summed E-state index contributed by atoms with van der Waals surface area (Å²) in [6, 6.07) is 18.5. The topological polar surface area (TPSA) is 66.5 Å². The summed E-state index contributed by atoms with van der Waals surface area (Å²) in [4.78, 5) is 15.1. The van der Waals surface area contributed by atoms with Gasteiger partial charge in [-0.15, -0.1) is 0 Å². The molecule has 192 valence electrons. The zero-order valence-electron chi connectivity index (χ0n) is 21.8. The smallest absolute Gasteiger partial charge is 0.264 e. The number of halogens is 1.